The molecule has 1 atom stereocenters. The lowest BCUT2D eigenvalue weighted by atomic mass is 10.3. The maximum absolute atomic E-state index is 10.8. The van der Waals surface area contributed by atoms with Gasteiger partial charge < -0.3 is 11.5 Å². The van der Waals surface area contributed by atoms with Gasteiger partial charge in [-0.3, -0.25) is 4.79 Å². The van der Waals surface area contributed by atoms with Crippen molar-refractivity contribution in [2.45, 2.75) is 42.9 Å². The highest BCUT2D eigenvalue weighted by molar-refractivity contribution is 7.99. The van der Waals surface area contributed by atoms with Crippen LogP contribution in [0.4, 0.5) is 0 Å². The molecular formula is C9H16N6OS. The number of hydrogen-bond acceptors (Lipinski definition) is 6. The van der Waals surface area contributed by atoms with Crippen molar-refractivity contribution >= 4 is 17.7 Å². The standard InChI is InChI=1S/C9H16N6OS/c10-7(8(11)16)5-17-9-12-13-14-15(9)6-3-1-2-4-6/h6-7H,1-5,10H2,(H2,11,16). The highest BCUT2D eigenvalue weighted by Gasteiger charge is 2.22. The van der Waals surface area contributed by atoms with Crippen molar-refractivity contribution in [2.24, 2.45) is 11.5 Å². The van der Waals surface area contributed by atoms with E-state index in [1.165, 1.54) is 24.6 Å². The van der Waals surface area contributed by atoms with E-state index < -0.39 is 11.9 Å². The Kier molecular flexibility index (Phi) is 3.95. The van der Waals surface area contributed by atoms with E-state index in [2.05, 4.69) is 15.5 Å². The van der Waals surface area contributed by atoms with Gasteiger partial charge in [0, 0.05) is 5.75 Å². The van der Waals surface area contributed by atoms with Crippen molar-refractivity contribution in [2.75, 3.05) is 5.75 Å². The molecule has 7 nitrogen and oxygen atoms in total. The Hall–Kier alpha value is -1.15. The third-order valence-electron chi connectivity index (χ3n) is 2.89. The lowest BCUT2D eigenvalue weighted by Gasteiger charge is -2.11. The number of carbonyl (C=O) groups is 1. The zero-order valence-electron chi connectivity index (χ0n) is 9.45. The summed E-state index contributed by atoms with van der Waals surface area (Å²) >= 11 is 1.38. The minimum atomic E-state index is -0.659. The number of thioether (sulfide) groups is 1. The molecule has 1 heterocycles. The van der Waals surface area contributed by atoms with Crippen molar-refractivity contribution in [3.8, 4) is 0 Å². The molecule has 1 aliphatic carbocycles. The fourth-order valence-electron chi connectivity index (χ4n) is 1.90. The first-order valence-electron chi connectivity index (χ1n) is 5.64. The van der Waals surface area contributed by atoms with Crippen LogP contribution in [0.25, 0.3) is 0 Å². The van der Waals surface area contributed by atoms with Gasteiger partial charge in [-0.15, -0.1) is 5.10 Å². The molecule has 1 aliphatic rings. The molecule has 4 N–H and O–H groups in total. The number of nitrogens with zero attached hydrogens (tertiary/aromatic N) is 4. The smallest absolute Gasteiger partial charge is 0.235 e. The van der Waals surface area contributed by atoms with Crippen molar-refractivity contribution < 1.29 is 4.79 Å². The van der Waals surface area contributed by atoms with Gasteiger partial charge in [0.2, 0.25) is 11.1 Å². The molecule has 0 aromatic carbocycles. The van der Waals surface area contributed by atoms with Gasteiger partial charge in [-0.05, 0) is 23.3 Å². The van der Waals surface area contributed by atoms with Crippen LogP contribution in [0, 0.1) is 0 Å². The Balaban J connectivity index is 1.96. The van der Waals surface area contributed by atoms with Gasteiger partial charge in [0.15, 0.2) is 0 Å². The number of hydrogen-bond donors (Lipinski definition) is 2. The second-order valence-corrected chi connectivity index (χ2v) is 5.15. The molecule has 1 saturated carbocycles. The molecule has 0 saturated heterocycles. The highest BCUT2D eigenvalue weighted by Crippen LogP contribution is 2.31. The van der Waals surface area contributed by atoms with Crippen molar-refractivity contribution in [1.29, 1.82) is 0 Å². The van der Waals surface area contributed by atoms with Gasteiger partial charge >= 0.3 is 0 Å². The SMILES string of the molecule is NC(=O)C(N)CSc1nnnn1C1CCCC1. The molecule has 0 bridgehead atoms. The lowest BCUT2D eigenvalue weighted by Crippen LogP contribution is -2.38. The molecule has 1 aromatic rings. The number of primary amides is 1. The minimum Gasteiger partial charge on any atom is -0.368 e. The summed E-state index contributed by atoms with van der Waals surface area (Å²) in [5.74, 6) is -0.0972. The molecule has 94 valence electrons. The zero-order valence-corrected chi connectivity index (χ0v) is 10.3. The molecule has 17 heavy (non-hydrogen) atoms. The number of rotatable bonds is 5. The summed E-state index contributed by atoms with van der Waals surface area (Å²) in [4.78, 5) is 10.8. The first-order chi connectivity index (χ1) is 8.18. The molecule has 0 radical (unpaired) electrons. The van der Waals surface area contributed by atoms with Crippen LogP contribution in [-0.4, -0.2) is 37.9 Å². The molecule has 1 unspecified atom stereocenters. The second kappa shape index (κ2) is 5.46. The summed E-state index contributed by atoms with van der Waals surface area (Å²) in [6.45, 7) is 0. The average Bonchev–Trinajstić information content (AvgIpc) is 2.95. The van der Waals surface area contributed by atoms with Crippen LogP contribution in [0.2, 0.25) is 0 Å². The zero-order chi connectivity index (χ0) is 12.3. The number of tetrazole rings is 1. The predicted octanol–water partition coefficient (Wildman–Crippen LogP) is -0.307. The van der Waals surface area contributed by atoms with E-state index >= 15 is 0 Å². The first-order valence-corrected chi connectivity index (χ1v) is 6.62. The Morgan fingerprint density at radius 1 is 1.53 bits per heavy atom. The molecule has 2 rings (SSSR count). The average molecular weight is 256 g/mol. The van der Waals surface area contributed by atoms with Gasteiger partial charge in [0.1, 0.15) is 0 Å². The van der Waals surface area contributed by atoms with Crippen molar-refractivity contribution in [1.82, 2.24) is 20.2 Å². The Labute approximate surface area is 103 Å². The molecule has 0 aliphatic heterocycles. The van der Waals surface area contributed by atoms with Crippen LogP contribution in [0.1, 0.15) is 31.7 Å². The number of nitrogens with two attached hydrogens (primary N) is 2. The van der Waals surface area contributed by atoms with Crippen molar-refractivity contribution in [3.05, 3.63) is 0 Å². The minimum absolute atomic E-state index is 0.386. The van der Waals surface area contributed by atoms with Crippen LogP contribution < -0.4 is 11.5 Å². The highest BCUT2D eigenvalue weighted by atomic mass is 32.2. The molecule has 8 heteroatoms. The maximum atomic E-state index is 10.8. The summed E-state index contributed by atoms with van der Waals surface area (Å²) < 4.78 is 1.84. The fourth-order valence-corrected chi connectivity index (χ4v) is 2.81. The van der Waals surface area contributed by atoms with Gasteiger partial charge in [0.05, 0.1) is 12.1 Å². The van der Waals surface area contributed by atoms with Crippen LogP contribution in [0.3, 0.4) is 0 Å². The van der Waals surface area contributed by atoms with E-state index in [1.807, 2.05) is 4.68 Å². The molecule has 1 fully saturated rings. The predicted molar refractivity (Wildman–Crippen MR) is 63.2 cm³/mol. The van der Waals surface area contributed by atoms with Crippen LogP contribution in [0.15, 0.2) is 5.16 Å². The number of amides is 1. The first kappa shape index (κ1) is 12.3. The lowest BCUT2D eigenvalue weighted by molar-refractivity contribution is -0.118. The van der Waals surface area contributed by atoms with E-state index in [1.54, 1.807) is 0 Å². The largest absolute Gasteiger partial charge is 0.368 e. The summed E-state index contributed by atoms with van der Waals surface area (Å²) in [5, 5.41) is 12.3. The second-order valence-electron chi connectivity index (χ2n) is 4.16. The van der Waals surface area contributed by atoms with Crippen LogP contribution in [-0.2, 0) is 4.79 Å². The van der Waals surface area contributed by atoms with E-state index in [-0.39, 0.29) is 0 Å². The Bertz CT molecular complexity index is 389. The monoisotopic (exact) mass is 256 g/mol. The van der Waals surface area contributed by atoms with Crippen LogP contribution >= 0.6 is 11.8 Å². The maximum Gasteiger partial charge on any atom is 0.235 e. The summed E-state index contributed by atoms with van der Waals surface area (Å²) in [5.41, 5.74) is 10.7. The third-order valence-corrected chi connectivity index (χ3v) is 3.94. The van der Waals surface area contributed by atoms with E-state index in [9.17, 15) is 4.79 Å². The topological polar surface area (TPSA) is 113 Å². The summed E-state index contributed by atoms with van der Waals surface area (Å²) in [7, 11) is 0. The van der Waals surface area contributed by atoms with Gasteiger partial charge in [0.25, 0.3) is 0 Å². The van der Waals surface area contributed by atoms with E-state index in [0.717, 1.165) is 12.8 Å². The Morgan fingerprint density at radius 2 is 2.24 bits per heavy atom. The Morgan fingerprint density at radius 3 is 2.88 bits per heavy atom. The quantitative estimate of drug-likeness (QED) is 0.699. The molecular weight excluding hydrogens is 240 g/mol. The molecule has 1 amide bonds. The van der Waals surface area contributed by atoms with Gasteiger partial charge in [-0.2, -0.15) is 0 Å². The summed E-state index contributed by atoms with van der Waals surface area (Å²) in [6.07, 6.45) is 4.66. The fraction of sp³-hybridized carbons (Fsp3) is 0.778. The van der Waals surface area contributed by atoms with E-state index in [4.69, 9.17) is 11.5 Å². The number of carbonyl (C=O) groups excluding carboxylic acids is 1. The van der Waals surface area contributed by atoms with Crippen molar-refractivity contribution in [3.63, 3.8) is 0 Å². The summed E-state index contributed by atoms with van der Waals surface area (Å²) in [6, 6.07) is -0.272. The normalized spacial score (nSPS) is 18.4. The molecule has 0 spiro atoms. The van der Waals surface area contributed by atoms with E-state index in [0.29, 0.717) is 17.0 Å². The van der Waals surface area contributed by atoms with Gasteiger partial charge in [-0.1, -0.05) is 24.6 Å². The third kappa shape index (κ3) is 2.95. The van der Waals surface area contributed by atoms with Gasteiger partial charge in [-0.25, -0.2) is 4.68 Å². The molecule has 1 aromatic heterocycles. The van der Waals surface area contributed by atoms with Crippen LogP contribution in [0.5, 0.6) is 0 Å². The number of aromatic nitrogens is 4.